The summed E-state index contributed by atoms with van der Waals surface area (Å²) >= 11 is 0. The number of imide groups is 1. The van der Waals surface area contributed by atoms with E-state index >= 15 is 0 Å². The summed E-state index contributed by atoms with van der Waals surface area (Å²) in [6.45, 7) is 0.240. The van der Waals surface area contributed by atoms with Crippen LogP contribution in [0.3, 0.4) is 0 Å². The van der Waals surface area contributed by atoms with Gasteiger partial charge >= 0.3 is 6.03 Å². The van der Waals surface area contributed by atoms with Gasteiger partial charge in [-0.1, -0.05) is 0 Å². The second kappa shape index (κ2) is 6.53. The van der Waals surface area contributed by atoms with Crippen LogP contribution in [0.1, 0.15) is 5.56 Å². The van der Waals surface area contributed by atoms with Gasteiger partial charge in [-0.3, -0.25) is 4.79 Å². The maximum atomic E-state index is 12.5. The normalized spacial score (nSPS) is 14.2. The van der Waals surface area contributed by atoms with Gasteiger partial charge in [-0.2, -0.15) is 5.10 Å². The monoisotopic (exact) mass is 328 g/mol. The molecule has 2 aromatic rings. The van der Waals surface area contributed by atoms with Gasteiger partial charge in [0, 0.05) is 18.8 Å². The molecule has 124 valence electrons. The number of carbonyl (C=O) groups excluding carboxylic acids is 2. The summed E-state index contributed by atoms with van der Waals surface area (Å²) in [6.07, 6.45) is 1.48. The molecule has 1 saturated heterocycles. The van der Waals surface area contributed by atoms with E-state index in [9.17, 15) is 9.59 Å². The first-order valence-corrected chi connectivity index (χ1v) is 7.24. The van der Waals surface area contributed by atoms with Crippen LogP contribution in [-0.2, 0) is 11.3 Å². The number of hydrogen-bond acceptors (Lipinski definition) is 6. The highest BCUT2D eigenvalue weighted by atomic mass is 16.5. The van der Waals surface area contributed by atoms with Gasteiger partial charge in [-0.25, -0.2) is 9.69 Å². The molecule has 0 N–H and O–H groups in total. The molecule has 1 aromatic carbocycles. The maximum Gasteiger partial charge on any atom is 0.333 e. The number of carbonyl (C=O) groups is 2. The minimum Gasteiger partial charge on any atom is -0.497 e. The van der Waals surface area contributed by atoms with Gasteiger partial charge in [0.15, 0.2) is 5.82 Å². The lowest BCUT2D eigenvalue weighted by Gasteiger charge is -2.17. The van der Waals surface area contributed by atoms with Gasteiger partial charge in [0.05, 0.1) is 14.2 Å². The summed E-state index contributed by atoms with van der Waals surface area (Å²) in [4.78, 5) is 27.2. The number of aromatic nitrogens is 2. The number of anilines is 1. The van der Waals surface area contributed by atoms with Crippen molar-refractivity contribution in [3.63, 3.8) is 0 Å². The molecular weight excluding hydrogens is 312 g/mol. The highest BCUT2D eigenvalue weighted by molar-refractivity contribution is 6.19. The van der Waals surface area contributed by atoms with Gasteiger partial charge in [-0.15, -0.1) is 5.10 Å². The quantitative estimate of drug-likeness (QED) is 0.773. The number of rotatable bonds is 5. The van der Waals surface area contributed by atoms with E-state index in [-0.39, 0.29) is 24.8 Å². The smallest absolute Gasteiger partial charge is 0.333 e. The van der Waals surface area contributed by atoms with Gasteiger partial charge in [0.2, 0.25) is 0 Å². The first-order chi connectivity index (χ1) is 11.6. The van der Waals surface area contributed by atoms with Crippen molar-refractivity contribution in [1.29, 1.82) is 0 Å². The lowest BCUT2D eigenvalue weighted by Crippen LogP contribution is -2.33. The summed E-state index contributed by atoms with van der Waals surface area (Å²) in [5, 5.41) is 7.53. The van der Waals surface area contributed by atoms with Crippen LogP contribution in [0.4, 0.5) is 10.6 Å². The van der Waals surface area contributed by atoms with Gasteiger partial charge in [0.25, 0.3) is 5.91 Å². The van der Waals surface area contributed by atoms with Crippen LogP contribution < -0.4 is 14.4 Å². The Hall–Kier alpha value is -3.16. The molecule has 1 aromatic heterocycles. The second-order valence-electron chi connectivity index (χ2n) is 5.17. The fourth-order valence-corrected chi connectivity index (χ4v) is 2.49. The van der Waals surface area contributed by atoms with Crippen LogP contribution >= 0.6 is 0 Å². The van der Waals surface area contributed by atoms with Gasteiger partial charge < -0.3 is 14.4 Å². The van der Waals surface area contributed by atoms with Gasteiger partial charge in [0.1, 0.15) is 18.0 Å². The van der Waals surface area contributed by atoms with Crippen molar-refractivity contribution < 1.29 is 19.1 Å². The molecule has 0 atom stereocenters. The molecule has 0 bridgehead atoms. The zero-order chi connectivity index (χ0) is 17.1. The molecule has 0 saturated carbocycles. The van der Waals surface area contributed by atoms with E-state index < -0.39 is 6.03 Å². The minimum absolute atomic E-state index is 0.0189. The number of amides is 3. The number of urea groups is 1. The summed E-state index contributed by atoms with van der Waals surface area (Å²) in [6, 6.07) is 8.10. The molecule has 3 rings (SSSR count). The van der Waals surface area contributed by atoms with E-state index in [1.807, 2.05) is 0 Å². The molecule has 1 aliphatic heterocycles. The zero-order valence-electron chi connectivity index (χ0n) is 13.3. The van der Waals surface area contributed by atoms with Crippen molar-refractivity contribution in [2.45, 2.75) is 6.54 Å². The van der Waals surface area contributed by atoms with Crippen LogP contribution in [0, 0.1) is 0 Å². The molecule has 0 unspecified atom stereocenters. The number of hydrogen-bond donors (Lipinski definition) is 0. The van der Waals surface area contributed by atoms with Crippen LogP contribution in [0.15, 0.2) is 36.5 Å². The number of ether oxygens (including phenoxy) is 2. The van der Waals surface area contributed by atoms with Crippen molar-refractivity contribution in [1.82, 2.24) is 15.1 Å². The zero-order valence-corrected chi connectivity index (χ0v) is 13.3. The standard InChI is InChI=1S/C16H16N4O4/c1-23-12-6-11(7-13(8-12)24-2)9-19-10-15(21)20(16(19)22)14-4-3-5-17-18-14/h3-8H,9-10H2,1-2H3. The van der Waals surface area contributed by atoms with Crippen LogP contribution in [-0.4, -0.2) is 47.8 Å². The number of nitrogens with zero attached hydrogens (tertiary/aromatic N) is 4. The third-order valence-electron chi connectivity index (χ3n) is 3.61. The first-order valence-electron chi connectivity index (χ1n) is 7.24. The second-order valence-corrected chi connectivity index (χ2v) is 5.17. The Labute approximate surface area is 138 Å². The Morgan fingerprint density at radius 3 is 2.42 bits per heavy atom. The molecular formula is C16H16N4O4. The molecule has 1 fully saturated rings. The predicted molar refractivity (Wildman–Crippen MR) is 84.9 cm³/mol. The largest absolute Gasteiger partial charge is 0.497 e. The van der Waals surface area contributed by atoms with E-state index in [0.29, 0.717) is 11.5 Å². The predicted octanol–water partition coefficient (Wildman–Crippen LogP) is 1.46. The minimum atomic E-state index is -0.428. The first kappa shape index (κ1) is 15.7. The lowest BCUT2D eigenvalue weighted by molar-refractivity contribution is -0.116. The van der Waals surface area contributed by atoms with Crippen molar-refractivity contribution >= 4 is 17.8 Å². The number of benzene rings is 1. The molecule has 1 aliphatic rings. The Morgan fingerprint density at radius 2 is 1.83 bits per heavy atom. The van der Waals surface area contributed by atoms with Crippen LogP contribution in [0.2, 0.25) is 0 Å². The van der Waals surface area contributed by atoms with Crippen LogP contribution in [0.25, 0.3) is 0 Å². The Bertz CT molecular complexity index is 744. The molecule has 24 heavy (non-hydrogen) atoms. The average molecular weight is 328 g/mol. The van der Waals surface area contributed by atoms with Crippen molar-refractivity contribution in [2.24, 2.45) is 0 Å². The Morgan fingerprint density at radius 1 is 1.12 bits per heavy atom. The van der Waals surface area contributed by atoms with E-state index in [4.69, 9.17) is 9.47 Å². The topological polar surface area (TPSA) is 84.9 Å². The SMILES string of the molecule is COc1cc(CN2CC(=O)N(c3cccnn3)C2=O)cc(OC)c1. The summed E-state index contributed by atoms with van der Waals surface area (Å²) in [5.74, 6) is 1.12. The highest BCUT2D eigenvalue weighted by Crippen LogP contribution is 2.25. The highest BCUT2D eigenvalue weighted by Gasteiger charge is 2.38. The molecule has 0 spiro atoms. The molecule has 8 nitrogen and oxygen atoms in total. The summed E-state index contributed by atoms with van der Waals surface area (Å²) in [7, 11) is 3.11. The molecule has 0 radical (unpaired) electrons. The fourth-order valence-electron chi connectivity index (χ4n) is 2.49. The fraction of sp³-hybridized carbons (Fsp3) is 0.250. The van der Waals surface area contributed by atoms with Crippen molar-refractivity contribution in [2.75, 3.05) is 25.7 Å². The molecule has 8 heteroatoms. The van der Waals surface area contributed by atoms with Crippen molar-refractivity contribution in [3.8, 4) is 11.5 Å². The van der Waals surface area contributed by atoms with E-state index in [2.05, 4.69) is 10.2 Å². The molecule has 2 heterocycles. The third kappa shape index (κ3) is 2.98. The molecule has 3 amide bonds. The number of methoxy groups -OCH3 is 2. The van der Waals surface area contributed by atoms with E-state index in [1.54, 1.807) is 44.6 Å². The van der Waals surface area contributed by atoms with E-state index in [0.717, 1.165) is 10.5 Å². The van der Waals surface area contributed by atoms with Crippen LogP contribution in [0.5, 0.6) is 11.5 Å². The lowest BCUT2D eigenvalue weighted by atomic mass is 10.2. The third-order valence-corrected chi connectivity index (χ3v) is 3.61. The van der Waals surface area contributed by atoms with Gasteiger partial charge in [-0.05, 0) is 29.8 Å². The van der Waals surface area contributed by atoms with Crippen molar-refractivity contribution in [3.05, 3.63) is 42.1 Å². The average Bonchev–Trinajstić information content (AvgIpc) is 2.88. The summed E-state index contributed by atoms with van der Waals surface area (Å²) in [5.41, 5.74) is 0.799. The molecule has 0 aliphatic carbocycles. The Balaban J connectivity index is 1.82. The maximum absolute atomic E-state index is 12.5. The van der Waals surface area contributed by atoms with E-state index in [1.165, 1.54) is 11.1 Å². The Kier molecular flexibility index (Phi) is 4.28. The summed E-state index contributed by atoms with van der Waals surface area (Å²) < 4.78 is 10.4.